The Morgan fingerprint density at radius 2 is 1.92 bits per heavy atom. The van der Waals surface area contributed by atoms with Crippen LogP contribution >= 0.6 is 0 Å². The van der Waals surface area contributed by atoms with Crippen molar-refractivity contribution in [3.8, 4) is 0 Å². The van der Waals surface area contributed by atoms with Crippen LogP contribution in [0.15, 0.2) is 24.1 Å². The first-order chi connectivity index (χ1) is 6.22. The highest BCUT2D eigenvalue weighted by Crippen LogP contribution is 2.08. The van der Waals surface area contributed by atoms with E-state index in [9.17, 15) is 9.50 Å². The Labute approximate surface area is 80.0 Å². The van der Waals surface area contributed by atoms with Crippen molar-refractivity contribution in [1.29, 1.82) is 0 Å². The van der Waals surface area contributed by atoms with Gasteiger partial charge in [-0.2, -0.15) is 0 Å². The molecule has 0 aromatic heterocycles. The minimum absolute atomic E-state index is 0.436. The zero-order valence-electron chi connectivity index (χ0n) is 8.46. The fraction of sp³-hybridized carbons (Fsp3) is 0.636. The Balaban J connectivity index is 3.87. The predicted octanol–water partition coefficient (Wildman–Crippen LogP) is 3.36. The second kappa shape index (κ2) is 7.99. The van der Waals surface area contributed by atoms with E-state index in [0.29, 0.717) is 6.42 Å². The highest BCUT2D eigenvalue weighted by molar-refractivity contribution is 5.07. The average molecular weight is 186 g/mol. The molecule has 0 amide bonds. The molecule has 76 valence electrons. The summed E-state index contributed by atoms with van der Waals surface area (Å²) < 4.78 is 13.0. The molecule has 0 aromatic rings. The van der Waals surface area contributed by atoms with E-state index in [1.54, 1.807) is 0 Å². The van der Waals surface area contributed by atoms with Gasteiger partial charge in [0.1, 0.15) is 11.9 Å². The first-order valence-electron chi connectivity index (χ1n) is 4.92. The van der Waals surface area contributed by atoms with Gasteiger partial charge in [-0.3, -0.25) is 0 Å². The lowest BCUT2D eigenvalue weighted by Gasteiger charge is -2.01. The Morgan fingerprint density at radius 3 is 2.46 bits per heavy atom. The van der Waals surface area contributed by atoms with Crippen molar-refractivity contribution in [3.05, 3.63) is 24.1 Å². The number of unbranched alkanes of at least 4 members (excludes halogenated alkanes) is 2. The summed E-state index contributed by atoms with van der Waals surface area (Å²) in [6.45, 7) is 4.02. The molecule has 1 N–H and O–H groups in total. The van der Waals surface area contributed by atoms with E-state index in [2.05, 4.69) is 0 Å². The summed E-state index contributed by atoms with van der Waals surface area (Å²) in [7, 11) is 0. The van der Waals surface area contributed by atoms with Gasteiger partial charge in [-0.15, -0.1) is 0 Å². The second-order valence-corrected chi connectivity index (χ2v) is 3.04. The van der Waals surface area contributed by atoms with Gasteiger partial charge in [0.15, 0.2) is 0 Å². The number of hydrogen-bond donors (Lipinski definition) is 1. The Morgan fingerprint density at radius 1 is 1.31 bits per heavy atom. The molecular weight excluding hydrogens is 167 g/mol. The molecule has 1 unspecified atom stereocenters. The maximum atomic E-state index is 13.0. The lowest BCUT2D eigenvalue weighted by atomic mass is 10.2. The van der Waals surface area contributed by atoms with E-state index < -0.39 is 11.9 Å². The van der Waals surface area contributed by atoms with Gasteiger partial charge < -0.3 is 5.11 Å². The average Bonchev–Trinajstić information content (AvgIpc) is 2.14. The summed E-state index contributed by atoms with van der Waals surface area (Å²) >= 11 is 0. The lowest BCUT2D eigenvalue weighted by molar-refractivity contribution is 0.227. The first kappa shape index (κ1) is 12.4. The topological polar surface area (TPSA) is 20.2 Å². The zero-order chi connectivity index (χ0) is 10.1. The molecule has 0 fully saturated rings. The minimum Gasteiger partial charge on any atom is -0.382 e. The molecule has 0 saturated heterocycles. The van der Waals surface area contributed by atoms with Crippen molar-refractivity contribution < 1.29 is 9.50 Å². The van der Waals surface area contributed by atoms with Crippen molar-refractivity contribution in [2.45, 2.75) is 45.6 Å². The highest BCUT2D eigenvalue weighted by Gasteiger charge is 2.04. The quantitative estimate of drug-likeness (QED) is 0.631. The van der Waals surface area contributed by atoms with Crippen LogP contribution in [0.2, 0.25) is 0 Å². The van der Waals surface area contributed by atoms with E-state index in [1.807, 2.05) is 19.9 Å². The van der Waals surface area contributed by atoms with Gasteiger partial charge in [0.25, 0.3) is 0 Å². The summed E-state index contributed by atoms with van der Waals surface area (Å²) in [6.07, 6.45) is 7.21. The van der Waals surface area contributed by atoms with Gasteiger partial charge in [-0.05, 0) is 18.9 Å². The van der Waals surface area contributed by atoms with Crippen molar-refractivity contribution in [2.24, 2.45) is 0 Å². The smallest absolute Gasteiger partial charge is 0.128 e. The van der Waals surface area contributed by atoms with Gasteiger partial charge in [0.05, 0.1) is 0 Å². The molecule has 0 radical (unpaired) electrons. The van der Waals surface area contributed by atoms with Crippen LogP contribution in [0.5, 0.6) is 0 Å². The minimum atomic E-state index is -1.04. The highest BCUT2D eigenvalue weighted by atomic mass is 19.1. The number of allylic oxidation sites excluding steroid dienone is 2. The number of halogens is 1. The maximum Gasteiger partial charge on any atom is 0.128 e. The van der Waals surface area contributed by atoms with E-state index in [-0.39, 0.29) is 0 Å². The van der Waals surface area contributed by atoms with Gasteiger partial charge in [0.2, 0.25) is 0 Å². The third-order valence-electron chi connectivity index (χ3n) is 1.68. The van der Waals surface area contributed by atoms with Crippen LogP contribution in [0.25, 0.3) is 0 Å². The van der Waals surface area contributed by atoms with Crippen LogP contribution in [0.4, 0.5) is 4.39 Å². The van der Waals surface area contributed by atoms with E-state index in [1.165, 1.54) is 12.2 Å². The Bertz CT molecular complexity index is 173. The molecule has 2 heteroatoms. The standard InChI is InChI=1S/C11H19FO/c1-3-5-7-9-11(13)10(12)8-6-4-2/h7-9,11,13H,3-6H2,1-2H3/b9-7-,10-8+. The summed E-state index contributed by atoms with van der Waals surface area (Å²) in [4.78, 5) is 0. The predicted molar refractivity (Wildman–Crippen MR) is 54.2 cm³/mol. The molecule has 0 saturated carbocycles. The molecular formula is C11H19FO. The molecule has 0 aliphatic rings. The van der Waals surface area contributed by atoms with Crippen LogP contribution in [-0.4, -0.2) is 11.2 Å². The van der Waals surface area contributed by atoms with Crippen molar-refractivity contribution in [3.63, 3.8) is 0 Å². The summed E-state index contributed by atoms with van der Waals surface area (Å²) in [5.41, 5.74) is 0. The molecule has 0 aliphatic carbocycles. The van der Waals surface area contributed by atoms with Gasteiger partial charge >= 0.3 is 0 Å². The SMILES string of the molecule is CCC/C=C\C(O)/C(F)=C\CCC. The summed E-state index contributed by atoms with van der Waals surface area (Å²) in [6, 6.07) is 0. The monoisotopic (exact) mass is 186 g/mol. The van der Waals surface area contributed by atoms with E-state index in [4.69, 9.17) is 0 Å². The molecule has 0 spiro atoms. The molecule has 1 nitrogen and oxygen atoms in total. The van der Waals surface area contributed by atoms with E-state index >= 15 is 0 Å². The fourth-order valence-electron chi connectivity index (χ4n) is 0.887. The molecule has 0 aliphatic heterocycles. The number of hydrogen-bond acceptors (Lipinski definition) is 1. The molecule has 1 atom stereocenters. The summed E-state index contributed by atoms with van der Waals surface area (Å²) in [5.74, 6) is -0.436. The van der Waals surface area contributed by atoms with Crippen molar-refractivity contribution >= 4 is 0 Å². The third-order valence-corrected chi connectivity index (χ3v) is 1.68. The van der Waals surface area contributed by atoms with Crippen LogP contribution in [0.3, 0.4) is 0 Å². The third kappa shape index (κ3) is 6.52. The molecule has 0 heterocycles. The van der Waals surface area contributed by atoms with Gasteiger partial charge in [0, 0.05) is 0 Å². The summed E-state index contributed by atoms with van der Waals surface area (Å²) in [5, 5.41) is 9.24. The van der Waals surface area contributed by atoms with Gasteiger partial charge in [-0.25, -0.2) is 4.39 Å². The Hall–Kier alpha value is -0.630. The van der Waals surface area contributed by atoms with Crippen LogP contribution in [0, 0.1) is 0 Å². The molecule has 13 heavy (non-hydrogen) atoms. The maximum absolute atomic E-state index is 13.0. The molecule has 0 bridgehead atoms. The number of aliphatic hydroxyl groups excluding tert-OH is 1. The molecule has 0 rings (SSSR count). The largest absolute Gasteiger partial charge is 0.382 e. The lowest BCUT2D eigenvalue weighted by Crippen LogP contribution is -2.02. The van der Waals surface area contributed by atoms with Crippen molar-refractivity contribution in [2.75, 3.05) is 0 Å². The van der Waals surface area contributed by atoms with Gasteiger partial charge in [-0.1, -0.05) is 38.8 Å². The second-order valence-electron chi connectivity index (χ2n) is 3.04. The van der Waals surface area contributed by atoms with E-state index in [0.717, 1.165) is 19.3 Å². The zero-order valence-corrected chi connectivity index (χ0v) is 8.46. The van der Waals surface area contributed by atoms with Crippen molar-refractivity contribution in [1.82, 2.24) is 0 Å². The van der Waals surface area contributed by atoms with Crippen LogP contribution in [0.1, 0.15) is 39.5 Å². The molecule has 0 aromatic carbocycles. The fourth-order valence-corrected chi connectivity index (χ4v) is 0.887. The first-order valence-corrected chi connectivity index (χ1v) is 4.92. The van der Waals surface area contributed by atoms with Crippen LogP contribution < -0.4 is 0 Å². The number of rotatable bonds is 6. The van der Waals surface area contributed by atoms with Crippen LogP contribution in [-0.2, 0) is 0 Å². The Kier molecular flexibility index (Phi) is 7.60. The normalized spacial score (nSPS) is 15.2. The number of aliphatic hydroxyl groups is 1.